The van der Waals surface area contributed by atoms with E-state index in [1.165, 1.54) is 0 Å². The van der Waals surface area contributed by atoms with E-state index in [9.17, 15) is 4.79 Å². The van der Waals surface area contributed by atoms with Crippen molar-refractivity contribution >= 4 is 29.7 Å². The minimum Gasteiger partial charge on any atom is -0.355 e. The van der Waals surface area contributed by atoms with Crippen LogP contribution in [0.1, 0.15) is 23.8 Å². The maximum Gasteiger partial charge on any atom is 0.276 e. The Labute approximate surface area is 133 Å². The maximum atomic E-state index is 12.5. The number of nitrogens with zero attached hydrogens (tertiary/aromatic N) is 2. The van der Waals surface area contributed by atoms with Crippen LogP contribution >= 0.6 is 23.7 Å². The second kappa shape index (κ2) is 6.60. The summed E-state index contributed by atoms with van der Waals surface area (Å²) in [5, 5.41) is 5.88. The van der Waals surface area contributed by atoms with Crippen molar-refractivity contribution in [2.45, 2.75) is 19.4 Å². The van der Waals surface area contributed by atoms with Crippen molar-refractivity contribution < 1.29 is 9.32 Å². The van der Waals surface area contributed by atoms with Crippen molar-refractivity contribution in [3.8, 4) is 10.6 Å². The number of rotatable bonds is 3. The Kier molecular flexibility index (Phi) is 5.03. The zero-order valence-electron chi connectivity index (χ0n) is 11.7. The molecule has 3 rings (SSSR count). The third-order valence-electron chi connectivity index (χ3n) is 3.75. The van der Waals surface area contributed by atoms with Crippen molar-refractivity contribution in [1.29, 1.82) is 0 Å². The second-order valence-corrected chi connectivity index (χ2v) is 6.15. The van der Waals surface area contributed by atoms with Gasteiger partial charge in [0.2, 0.25) is 0 Å². The summed E-state index contributed by atoms with van der Waals surface area (Å²) in [5.74, 6) is 0.961. The number of hydrogen-bond donors (Lipinski definition) is 1. The number of amides is 1. The molecule has 2 atom stereocenters. The minimum atomic E-state index is -0.0694. The van der Waals surface area contributed by atoms with Crippen molar-refractivity contribution in [2.75, 3.05) is 13.1 Å². The smallest absolute Gasteiger partial charge is 0.276 e. The average Bonchev–Trinajstić information content (AvgIpc) is 3.17. The normalized spacial score (nSPS) is 21.3. The Morgan fingerprint density at radius 1 is 1.62 bits per heavy atom. The molecule has 1 saturated heterocycles. The maximum absolute atomic E-state index is 12.5. The summed E-state index contributed by atoms with van der Waals surface area (Å²) >= 11 is 1.56. The van der Waals surface area contributed by atoms with E-state index in [1.807, 2.05) is 29.3 Å². The van der Waals surface area contributed by atoms with Gasteiger partial charge in [0.25, 0.3) is 5.91 Å². The highest BCUT2D eigenvalue weighted by atomic mass is 35.5. The van der Waals surface area contributed by atoms with Gasteiger partial charge in [-0.05, 0) is 37.3 Å². The Hall–Kier alpha value is -1.37. The number of aromatic nitrogens is 1. The molecule has 2 N–H and O–H groups in total. The fourth-order valence-corrected chi connectivity index (χ4v) is 3.33. The Balaban J connectivity index is 0.00000161. The molecule has 2 aromatic rings. The lowest BCUT2D eigenvalue weighted by Crippen LogP contribution is -2.34. The van der Waals surface area contributed by atoms with E-state index >= 15 is 0 Å². The van der Waals surface area contributed by atoms with Gasteiger partial charge in [-0.3, -0.25) is 4.79 Å². The van der Waals surface area contributed by atoms with Gasteiger partial charge in [0.05, 0.1) is 4.88 Å². The van der Waals surface area contributed by atoms with Crippen LogP contribution < -0.4 is 5.73 Å². The van der Waals surface area contributed by atoms with Gasteiger partial charge in [0, 0.05) is 18.7 Å². The zero-order chi connectivity index (χ0) is 14.1. The highest BCUT2D eigenvalue weighted by molar-refractivity contribution is 7.13. The predicted molar refractivity (Wildman–Crippen MR) is 84.7 cm³/mol. The van der Waals surface area contributed by atoms with Crippen LogP contribution in [-0.2, 0) is 0 Å². The van der Waals surface area contributed by atoms with Crippen LogP contribution in [0.15, 0.2) is 28.1 Å². The molecule has 2 unspecified atom stereocenters. The highest BCUT2D eigenvalue weighted by Crippen LogP contribution is 2.28. The van der Waals surface area contributed by atoms with Gasteiger partial charge in [0.15, 0.2) is 11.5 Å². The molecule has 0 aliphatic carbocycles. The Bertz CT molecular complexity index is 599. The third kappa shape index (κ3) is 3.12. The summed E-state index contributed by atoms with van der Waals surface area (Å²) in [6.07, 6.45) is 0.956. The topological polar surface area (TPSA) is 72.4 Å². The number of thiophene rings is 1. The lowest BCUT2D eigenvalue weighted by molar-refractivity contribution is 0.0733. The van der Waals surface area contributed by atoms with Gasteiger partial charge < -0.3 is 15.2 Å². The summed E-state index contributed by atoms with van der Waals surface area (Å²) in [7, 11) is 0. The Morgan fingerprint density at radius 2 is 2.43 bits per heavy atom. The van der Waals surface area contributed by atoms with E-state index in [0.717, 1.165) is 11.3 Å². The third-order valence-corrected chi connectivity index (χ3v) is 4.63. The summed E-state index contributed by atoms with van der Waals surface area (Å²) in [4.78, 5) is 15.3. The quantitative estimate of drug-likeness (QED) is 0.940. The van der Waals surface area contributed by atoms with Gasteiger partial charge in [-0.1, -0.05) is 11.2 Å². The lowest BCUT2D eigenvalue weighted by atomic mass is 10.1. The molecule has 0 radical (unpaired) electrons. The van der Waals surface area contributed by atoms with Crippen LogP contribution in [0.5, 0.6) is 0 Å². The van der Waals surface area contributed by atoms with Gasteiger partial charge in [-0.15, -0.1) is 23.7 Å². The average molecular weight is 328 g/mol. The van der Waals surface area contributed by atoms with Gasteiger partial charge in [-0.25, -0.2) is 0 Å². The fourth-order valence-electron chi connectivity index (χ4n) is 2.65. The van der Waals surface area contributed by atoms with E-state index in [2.05, 4.69) is 5.16 Å². The van der Waals surface area contributed by atoms with Crippen molar-refractivity contribution in [3.05, 3.63) is 29.3 Å². The standard InChI is InChI=1S/C14H17N3O2S.ClH/c1-9-5-10(7-15)8-17(9)14(18)11-6-12(19-16-11)13-3-2-4-20-13;/h2-4,6,9-10H,5,7-8,15H2,1H3;1H. The van der Waals surface area contributed by atoms with E-state index in [0.29, 0.717) is 30.5 Å². The number of nitrogens with two attached hydrogens (primary N) is 1. The monoisotopic (exact) mass is 327 g/mol. The van der Waals surface area contributed by atoms with Crippen LogP contribution in [0.25, 0.3) is 10.6 Å². The van der Waals surface area contributed by atoms with Crippen LogP contribution in [-0.4, -0.2) is 35.1 Å². The Morgan fingerprint density at radius 3 is 3.05 bits per heavy atom. The number of carbonyl (C=O) groups is 1. The van der Waals surface area contributed by atoms with E-state index in [-0.39, 0.29) is 24.4 Å². The largest absolute Gasteiger partial charge is 0.355 e. The number of hydrogen-bond acceptors (Lipinski definition) is 5. The highest BCUT2D eigenvalue weighted by Gasteiger charge is 2.33. The first-order valence-corrected chi connectivity index (χ1v) is 7.58. The molecule has 21 heavy (non-hydrogen) atoms. The molecule has 1 aliphatic rings. The molecule has 0 bridgehead atoms. The molecule has 3 heterocycles. The van der Waals surface area contributed by atoms with Crippen molar-refractivity contribution in [3.63, 3.8) is 0 Å². The second-order valence-electron chi connectivity index (χ2n) is 5.20. The summed E-state index contributed by atoms with van der Waals surface area (Å²) in [6, 6.07) is 5.81. The predicted octanol–water partition coefficient (Wildman–Crippen LogP) is 2.63. The van der Waals surface area contributed by atoms with Crippen LogP contribution in [0.4, 0.5) is 0 Å². The van der Waals surface area contributed by atoms with Gasteiger partial charge >= 0.3 is 0 Å². The fraction of sp³-hybridized carbons (Fsp3) is 0.429. The van der Waals surface area contributed by atoms with Crippen molar-refractivity contribution in [1.82, 2.24) is 10.1 Å². The molecule has 5 nitrogen and oxygen atoms in total. The molecule has 2 aromatic heterocycles. The van der Waals surface area contributed by atoms with Crippen molar-refractivity contribution in [2.24, 2.45) is 11.7 Å². The molecule has 0 spiro atoms. The van der Waals surface area contributed by atoms with Crippen LogP contribution in [0.2, 0.25) is 0 Å². The lowest BCUT2D eigenvalue weighted by Gasteiger charge is -2.19. The number of likely N-dealkylation sites (tertiary alicyclic amines) is 1. The van der Waals surface area contributed by atoms with E-state index in [1.54, 1.807) is 17.4 Å². The molecule has 1 fully saturated rings. The van der Waals surface area contributed by atoms with Gasteiger partial charge in [0.1, 0.15) is 0 Å². The molecular formula is C14H18ClN3O2S. The molecule has 114 valence electrons. The first kappa shape index (κ1) is 16.0. The molecule has 7 heteroatoms. The van der Waals surface area contributed by atoms with Crippen LogP contribution in [0, 0.1) is 5.92 Å². The summed E-state index contributed by atoms with van der Waals surface area (Å²) < 4.78 is 5.27. The molecule has 1 aliphatic heterocycles. The summed E-state index contributed by atoms with van der Waals surface area (Å²) in [6.45, 7) is 3.37. The summed E-state index contributed by atoms with van der Waals surface area (Å²) in [5.41, 5.74) is 6.07. The van der Waals surface area contributed by atoms with Crippen LogP contribution in [0.3, 0.4) is 0 Å². The molecular weight excluding hydrogens is 310 g/mol. The first-order chi connectivity index (χ1) is 9.69. The SMILES string of the molecule is CC1CC(CN)CN1C(=O)c1cc(-c2cccs2)on1.Cl. The zero-order valence-corrected chi connectivity index (χ0v) is 13.3. The van der Waals surface area contributed by atoms with Gasteiger partial charge in [-0.2, -0.15) is 0 Å². The van der Waals surface area contributed by atoms with E-state index < -0.39 is 0 Å². The molecule has 1 amide bonds. The number of halogens is 1. The molecule has 0 aromatic carbocycles. The van der Waals surface area contributed by atoms with E-state index in [4.69, 9.17) is 10.3 Å². The minimum absolute atomic E-state index is 0. The first-order valence-electron chi connectivity index (χ1n) is 6.70. The molecule has 0 saturated carbocycles. The number of carbonyl (C=O) groups excluding carboxylic acids is 1.